The van der Waals surface area contributed by atoms with Crippen LogP contribution in [0.5, 0.6) is 0 Å². The van der Waals surface area contributed by atoms with Gasteiger partial charge in [-0.1, -0.05) is 145 Å². The van der Waals surface area contributed by atoms with Crippen LogP contribution in [0.1, 0.15) is 0 Å². The minimum absolute atomic E-state index is 1.15. The number of para-hydroxylation sites is 4. The average Bonchev–Trinajstić information content (AvgIpc) is 3.90. The van der Waals surface area contributed by atoms with Gasteiger partial charge in [-0.3, -0.25) is 9.13 Å². The lowest BCUT2D eigenvalue weighted by Gasteiger charge is -2.21. The molecule has 12 aromatic rings. The van der Waals surface area contributed by atoms with E-state index in [1.54, 1.807) is 0 Å². The lowest BCUT2D eigenvalue weighted by molar-refractivity contribution is 1.03. The second kappa shape index (κ2) is 11.3. The quantitative estimate of drug-likeness (QED) is 0.177. The fourth-order valence-corrected chi connectivity index (χ4v) is 10.8. The number of fused-ring (bicyclic) bond motifs is 13. The summed E-state index contributed by atoms with van der Waals surface area (Å²) in [5.41, 5.74) is 12.1. The molecule has 0 saturated heterocycles. The molecule has 3 nitrogen and oxygen atoms in total. The fourth-order valence-electron chi connectivity index (χ4n) is 9.71. The van der Waals surface area contributed by atoms with Gasteiger partial charge in [0, 0.05) is 47.8 Å². The Bertz CT molecular complexity index is 3620. The first-order chi connectivity index (χ1) is 27.8. The molecule has 0 saturated carbocycles. The maximum atomic E-state index is 2.51. The first kappa shape index (κ1) is 30.3. The third-order valence-electron chi connectivity index (χ3n) is 12.0. The van der Waals surface area contributed by atoms with E-state index in [9.17, 15) is 0 Å². The Morgan fingerprint density at radius 1 is 0.357 bits per heavy atom. The zero-order valence-corrected chi connectivity index (χ0v) is 31.0. The predicted octanol–water partition coefficient (Wildman–Crippen LogP) is 14.3. The highest BCUT2D eigenvalue weighted by Crippen LogP contribution is 2.50. The summed E-state index contributed by atoms with van der Waals surface area (Å²) < 4.78 is 7.47. The van der Waals surface area contributed by atoms with Gasteiger partial charge in [-0.15, -0.1) is 0 Å². The number of aromatic nitrogens is 3. The van der Waals surface area contributed by atoms with Crippen molar-refractivity contribution in [2.75, 3.05) is 0 Å². The van der Waals surface area contributed by atoms with E-state index in [1.165, 1.54) is 108 Å². The summed E-state index contributed by atoms with van der Waals surface area (Å²) in [5.74, 6) is 0. The number of hydrogen-bond acceptors (Lipinski definition) is 1. The lowest BCUT2D eigenvalue weighted by atomic mass is 9.96. The smallest absolute Gasteiger partial charge is 0.131 e. The molecule has 4 heterocycles. The minimum atomic E-state index is 1.15. The first-order valence-electron chi connectivity index (χ1n) is 19.2. The molecule has 0 radical (unpaired) electrons. The van der Waals surface area contributed by atoms with Crippen molar-refractivity contribution in [1.82, 2.24) is 13.7 Å². The molecule has 1 aliphatic heterocycles. The molecule has 1 aliphatic rings. The molecular formula is C52H31N3S. The van der Waals surface area contributed by atoms with Gasteiger partial charge in [0.1, 0.15) is 5.65 Å². The Labute approximate surface area is 326 Å². The van der Waals surface area contributed by atoms with Gasteiger partial charge in [0.25, 0.3) is 0 Å². The Hall–Kier alpha value is -7.01. The molecule has 3 aromatic heterocycles. The van der Waals surface area contributed by atoms with Crippen LogP contribution in [0.2, 0.25) is 0 Å². The molecule has 0 amide bonds. The first-order valence-corrected chi connectivity index (χ1v) is 20.0. The van der Waals surface area contributed by atoms with Crippen LogP contribution in [-0.2, 0) is 0 Å². The van der Waals surface area contributed by atoms with Crippen molar-refractivity contribution in [2.24, 2.45) is 0 Å². The second-order valence-electron chi connectivity index (χ2n) is 14.9. The van der Waals surface area contributed by atoms with Crippen LogP contribution < -0.4 is 0 Å². The van der Waals surface area contributed by atoms with Crippen LogP contribution in [0.25, 0.3) is 104 Å². The molecule has 0 bridgehead atoms. The van der Waals surface area contributed by atoms with Crippen LogP contribution in [0, 0.1) is 0 Å². The monoisotopic (exact) mass is 729 g/mol. The van der Waals surface area contributed by atoms with E-state index >= 15 is 0 Å². The van der Waals surface area contributed by atoms with Crippen molar-refractivity contribution < 1.29 is 0 Å². The Morgan fingerprint density at radius 2 is 1.07 bits per heavy atom. The summed E-state index contributed by atoms with van der Waals surface area (Å²) in [7, 11) is 0. The molecule has 13 rings (SSSR count). The van der Waals surface area contributed by atoms with E-state index < -0.39 is 0 Å². The maximum Gasteiger partial charge on any atom is 0.131 e. The zero-order chi connectivity index (χ0) is 36.5. The minimum Gasteiger partial charge on any atom is -0.309 e. The van der Waals surface area contributed by atoms with Crippen molar-refractivity contribution in [3.63, 3.8) is 0 Å². The number of benzene rings is 9. The van der Waals surface area contributed by atoms with E-state index in [4.69, 9.17) is 0 Å². The van der Waals surface area contributed by atoms with Crippen molar-refractivity contribution in [3.05, 3.63) is 188 Å². The van der Waals surface area contributed by atoms with Crippen LogP contribution in [0.4, 0.5) is 0 Å². The molecule has 0 aliphatic carbocycles. The van der Waals surface area contributed by atoms with E-state index in [2.05, 4.69) is 202 Å². The van der Waals surface area contributed by atoms with E-state index in [1.807, 2.05) is 11.8 Å². The molecule has 0 spiro atoms. The second-order valence-corrected chi connectivity index (χ2v) is 16.0. The highest BCUT2D eigenvalue weighted by Gasteiger charge is 2.28. The summed E-state index contributed by atoms with van der Waals surface area (Å²) in [6, 6.07) is 69.4. The van der Waals surface area contributed by atoms with Crippen molar-refractivity contribution >= 4 is 88.0 Å². The van der Waals surface area contributed by atoms with E-state index in [-0.39, 0.29) is 0 Å². The Balaban J connectivity index is 1.09. The highest BCUT2D eigenvalue weighted by atomic mass is 32.2. The van der Waals surface area contributed by atoms with Crippen molar-refractivity contribution in [2.45, 2.75) is 9.79 Å². The summed E-state index contributed by atoms with van der Waals surface area (Å²) in [4.78, 5) is 2.57. The largest absolute Gasteiger partial charge is 0.309 e. The molecule has 0 unspecified atom stereocenters. The van der Waals surface area contributed by atoms with Crippen LogP contribution >= 0.6 is 11.8 Å². The number of hydrogen-bond donors (Lipinski definition) is 0. The van der Waals surface area contributed by atoms with Gasteiger partial charge < -0.3 is 4.57 Å². The van der Waals surface area contributed by atoms with Gasteiger partial charge in [0.15, 0.2) is 0 Å². The Morgan fingerprint density at radius 3 is 1.98 bits per heavy atom. The van der Waals surface area contributed by atoms with Gasteiger partial charge in [-0.25, -0.2) is 0 Å². The number of nitrogens with zero attached hydrogens (tertiary/aromatic N) is 3. The van der Waals surface area contributed by atoms with Gasteiger partial charge in [0.2, 0.25) is 0 Å². The normalized spacial score (nSPS) is 12.6. The van der Waals surface area contributed by atoms with Gasteiger partial charge in [-0.2, -0.15) is 0 Å². The average molecular weight is 730 g/mol. The molecule has 260 valence electrons. The zero-order valence-electron chi connectivity index (χ0n) is 30.1. The predicted molar refractivity (Wildman–Crippen MR) is 237 cm³/mol. The molecular weight excluding hydrogens is 699 g/mol. The molecule has 9 aromatic carbocycles. The van der Waals surface area contributed by atoms with Gasteiger partial charge in [0.05, 0.1) is 33.4 Å². The fraction of sp³-hybridized carbons (Fsp3) is 0. The van der Waals surface area contributed by atoms with Gasteiger partial charge >= 0.3 is 0 Å². The van der Waals surface area contributed by atoms with Crippen molar-refractivity contribution in [3.8, 4) is 28.2 Å². The number of rotatable bonds is 3. The standard InChI is InChI=1S/C52H31N3S/c1-2-14-34(15-3-1)53-46-31-33(25-27-40(46)50-41-20-12-24-48-51(41)55(52(50)53)44-22-10-11-23-47(44)56-48)35-28-30-43(38-18-7-6-17-37(35)38)54-42-21-9-8-19-39(42)49-36-16-5-4-13-32(36)26-29-45(49)54/h1-31H. The highest BCUT2D eigenvalue weighted by molar-refractivity contribution is 7.99. The van der Waals surface area contributed by atoms with Crippen LogP contribution in [0.15, 0.2) is 198 Å². The third kappa shape index (κ3) is 3.98. The van der Waals surface area contributed by atoms with Crippen LogP contribution in [0.3, 0.4) is 0 Å². The van der Waals surface area contributed by atoms with E-state index in [0.29, 0.717) is 0 Å². The topological polar surface area (TPSA) is 14.8 Å². The van der Waals surface area contributed by atoms with E-state index in [0.717, 1.165) is 5.69 Å². The molecule has 0 atom stereocenters. The third-order valence-corrected chi connectivity index (χ3v) is 13.1. The van der Waals surface area contributed by atoms with Gasteiger partial charge in [-0.05, 0) is 81.9 Å². The van der Waals surface area contributed by atoms with Crippen molar-refractivity contribution in [1.29, 1.82) is 0 Å². The summed E-state index contributed by atoms with van der Waals surface area (Å²) in [5, 5.41) is 11.4. The molecule has 0 N–H and O–H groups in total. The molecule has 56 heavy (non-hydrogen) atoms. The maximum absolute atomic E-state index is 2.51. The summed E-state index contributed by atoms with van der Waals surface area (Å²) in [6.45, 7) is 0. The summed E-state index contributed by atoms with van der Waals surface area (Å²) >= 11 is 1.87. The SMILES string of the molecule is c1ccc(-n2c3cc(-c4ccc(-n5c6ccccc6c6c7ccccc7ccc65)c5ccccc45)ccc3c3c4cccc5c4n(c32)-c2ccccc2S5)cc1. The Kier molecular flexibility index (Phi) is 6.10. The summed E-state index contributed by atoms with van der Waals surface area (Å²) in [6.07, 6.45) is 0. The van der Waals surface area contributed by atoms with Crippen LogP contribution in [-0.4, -0.2) is 13.7 Å². The lowest BCUT2D eigenvalue weighted by Crippen LogP contribution is -2.05. The molecule has 4 heteroatoms. The molecule has 0 fully saturated rings.